The Bertz CT molecular complexity index is 333. The first-order valence-electron chi connectivity index (χ1n) is 3.35. The number of anilines is 1. The number of primary amides is 1. The lowest BCUT2D eigenvalue weighted by Gasteiger charge is -1.99. The SMILES string of the molecule is NC(=O)Nc1ccc(C(=O)O)nc1. The van der Waals surface area contributed by atoms with Gasteiger partial charge in [-0.15, -0.1) is 0 Å². The Morgan fingerprint density at radius 3 is 2.54 bits per heavy atom. The lowest BCUT2D eigenvalue weighted by Crippen LogP contribution is -2.19. The van der Waals surface area contributed by atoms with Crippen molar-refractivity contribution in [2.45, 2.75) is 0 Å². The molecule has 0 aliphatic rings. The predicted octanol–water partition coefficient (Wildman–Crippen LogP) is 0.270. The van der Waals surface area contributed by atoms with E-state index in [-0.39, 0.29) is 5.69 Å². The van der Waals surface area contributed by atoms with Crippen LogP contribution in [0.25, 0.3) is 0 Å². The number of carbonyl (C=O) groups is 2. The van der Waals surface area contributed by atoms with Gasteiger partial charge in [-0.3, -0.25) is 0 Å². The highest BCUT2D eigenvalue weighted by molar-refractivity contribution is 5.89. The van der Waals surface area contributed by atoms with Crippen LogP contribution in [0.15, 0.2) is 18.3 Å². The smallest absolute Gasteiger partial charge is 0.354 e. The maximum absolute atomic E-state index is 10.4. The van der Waals surface area contributed by atoms with Gasteiger partial charge in [-0.05, 0) is 12.1 Å². The zero-order chi connectivity index (χ0) is 9.84. The van der Waals surface area contributed by atoms with Crippen LogP contribution < -0.4 is 11.1 Å². The number of hydrogen-bond acceptors (Lipinski definition) is 3. The Kier molecular flexibility index (Phi) is 2.44. The summed E-state index contributed by atoms with van der Waals surface area (Å²) < 4.78 is 0. The number of urea groups is 1. The number of aromatic nitrogens is 1. The fraction of sp³-hybridized carbons (Fsp3) is 0. The Labute approximate surface area is 73.4 Å². The quantitative estimate of drug-likeness (QED) is 0.608. The number of carbonyl (C=O) groups excluding carboxylic acids is 1. The number of nitrogens with two attached hydrogens (primary N) is 1. The van der Waals surface area contributed by atoms with E-state index in [1.165, 1.54) is 18.3 Å². The number of carboxylic acids is 1. The van der Waals surface area contributed by atoms with E-state index in [2.05, 4.69) is 10.3 Å². The van der Waals surface area contributed by atoms with Crippen molar-refractivity contribution in [1.82, 2.24) is 4.98 Å². The monoisotopic (exact) mass is 181 g/mol. The van der Waals surface area contributed by atoms with E-state index in [1.807, 2.05) is 0 Å². The molecule has 1 heterocycles. The molecule has 0 atom stereocenters. The zero-order valence-corrected chi connectivity index (χ0v) is 6.52. The van der Waals surface area contributed by atoms with E-state index in [0.29, 0.717) is 5.69 Å². The zero-order valence-electron chi connectivity index (χ0n) is 6.52. The second kappa shape index (κ2) is 3.53. The van der Waals surface area contributed by atoms with Gasteiger partial charge in [0.1, 0.15) is 5.69 Å². The number of rotatable bonds is 2. The first-order chi connectivity index (χ1) is 6.09. The third-order valence-corrected chi connectivity index (χ3v) is 1.25. The molecule has 68 valence electrons. The lowest BCUT2D eigenvalue weighted by atomic mass is 10.3. The molecule has 0 radical (unpaired) electrons. The fourth-order valence-electron chi connectivity index (χ4n) is 0.737. The molecule has 0 bridgehead atoms. The van der Waals surface area contributed by atoms with Gasteiger partial charge in [-0.1, -0.05) is 0 Å². The summed E-state index contributed by atoms with van der Waals surface area (Å²) in [6.07, 6.45) is 1.22. The van der Waals surface area contributed by atoms with Gasteiger partial charge in [0.25, 0.3) is 0 Å². The van der Waals surface area contributed by atoms with Gasteiger partial charge in [0.05, 0.1) is 11.9 Å². The normalized spacial score (nSPS) is 9.23. The van der Waals surface area contributed by atoms with Crippen molar-refractivity contribution in [3.8, 4) is 0 Å². The van der Waals surface area contributed by atoms with E-state index in [4.69, 9.17) is 10.8 Å². The minimum Gasteiger partial charge on any atom is -0.477 e. The summed E-state index contributed by atoms with van der Waals surface area (Å²) in [7, 11) is 0. The second-order valence-corrected chi connectivity index (χ2v) is 2.23. The highest BCUT2D eigenvalue weighted by atomic mass is 16.4. The maximum Gasteiger partial charge on any atom is 0.354 e. The van der Waals surface area contributed by atoms with Crippen molar-refractivity contribution in [3.63, 3.8) is 0 Å². The van der Waals surface area contributed by atoms with Crippen molar-refractivity contribution in [3.05, 3.63) is 24.0 Å². The van der Waals surface area contributed by atoms with Crippen LogP contribution in [0.5, 0.6) is 0 Å². The van der Waals surface area contributed by atoms with Gasteiger partial charge in [-0.25, -0.2) is 14.6 Å². The van der Waals surface area contributed by atoms with Crippen LogP contribution in [0.1, 0.15) is 10.5 Å². The Balaban J connectivity index is 2.81. The third-order valence-electron chi connectivity index (χ3n) is 1.25. The number of nitrogens with one attached hydrogen (secondary N) is 1. The Morgan fingerprint density at radius 1 is 1.46 bits per heavy atom. The van der Waals surface area contributed by atoms with Gasteiger partial charge in [-0.2, -0.15) is 0 Å². The average Bonchev–Trinajstić information content (AvgIpc) is 2.04. The van der Waals surface area contributed by atoms with Crippen molar-refractivity contribution >= 4 is 17.7 Å². The van der Waals surface area contributed by atoms with E-state index >= 15 is 0 Å². The van der Waals surface area contributed by atoms with Crippen molar-refractivity contribution in [1.29, 1.82) is 0 Å². The molecule has 0 unspecified atom stereocenters. The molecule has 4 N–H and O–H groups in total. The lowest BCUT2D eigenvalue weighted by molar-refractivity contribution is 0.0690. The number of carboxylic acid groups (broad SMARTS) is 1. The van der Waals surface area contributed by atoms with Crippen molar-refractivity contribution in [2.24, 2.45) is 5.73 Å². The largest absolute Gasteiger partial charge is 0.477 e. The molecule has 2 amide bonds. The van der Waals surface area contributed by atoms with Crippen molar-refractivity contribution < 1.29 is 14.7 Å². The molecule has 0 spiro atoms. The number of hydrogen-bond donors (Lipinski definition) is 3. The Morgan fingerprint density at radius 2 is 2.15 bits per heavy atom. The first-order valence-corrected chi connectivity index (χ1v) is 3.35. The molecule has 0 fully saturated rings. The molecule has 6 nitrogen and oxygen atoms in total. The predicted molar refractivity (Wildman–Crippen MR) is 44.4 cm³/mol. The highest BCUT2D eigenvalue weighted by Crippen LogP contribution is 2.05. The van der Waals surface area contributed by atoms with Crippen LogP contribution in [-0.2, 0) is 0 Å². The molecular weight excluding hydrogens is 174 g/mol. The Hall–Kier alpha value is -2.11. The molecular formula is C7H7N3O3. The van der Waals surface area contributed by atoms with E-state index < -0.39 is 12.0 Å². The van der Waals surface area contributed by atoms with Crippen LogP contribution in [0.4, 0.5) is 10.5 Å². The standard InChI is InChI=1S/C7H7N3O3/c8-7(13)10-4-1-2-5(6(11)12)9-3-4/h1-3H,(H,11,12)(H3,8,10,13). The summed E-state index contributed by atoms with van der Waals surface area (Å²) in [6.45, 7) is 0. The summed E-state index contributed by atoms with van der Waals surface area (Å²) >= 11 is 0. The molecule has 0 aromatic carbocycles. The van der Waals surface area contributed by atoms with Gasteiger partial charge in [0.2, 0.25) is 0 Å². The number of aromatic carboxylic acids is 1. The summed E-state index contributed by atoms with van der Waals surface area (Å²) in [6, 6.07) is 1.96. The molecule has 0 saturated carbocycles. The van der Waals surface area contributed by atoms with Gasteiger partial charge >= 0.3 is 12.0 Å². The topological polar surface area (TPSA) is 105 Å². The van der Waals surface area contributed by atoms with Gasteiger partial charge in [0, 0.05) is 0 Å². The summed E-state index contributed by atoms with van der Waals surface area (Å²) in [5.74, 6) is -1.12. The number of pyridine rings is 1. The highest BCUT2D eigenvalue weighted by Gasteiger charge is 2.03. The fourth-order valence-corrected chi connectivity index (χ4v) is 0.737. The molecule has 6 heteroatoms. The van der Waals surface area contributed by atoms with Crippen LogP contribution in [-0.4, -0.2) is 22.1 Å². The van der Waals surface area contributed by atoms with Crippen LogP contribution in [0.2, 0.25) is 0 Å². The summed E-state index contributed by atoms with van der Waals surface area (Å²) in [5.41, 5.74) is 5.10. The van der Waals surface area contributed by atoms with E-state index in [1.54, 1.807) is 0 Å². The average molecular weight is 181 g/mol. The van der Waals surface area contributed by atoms with Crippen molar-refractivity contribution in [2.75, 3.05) is 5.32 Å². The van der Waals surface area contributed by atoms with Crippen LogP contribution in [0.3, 0.4) is 0 Å². The minimum atomic E-state index is -1.12. The molecule has 1 aromatic heterocycles. The molecule has 0 aliphatic heterocycles. The van der Waals surface area contributed by atoms with Crippen LogP contribution >= 0.6 is 0 Å². The molecule has 13 heavy (non-hydrogen) atoms. The maximum atomic E-state index is 10.4. The van der Waals surface area contributed by atoms with Crippen LogP contribution in [0, 0.1) is 0 Å². The third kappa shape index (κ3) is 2.44. The number of nitrogens with zero attached hydrogens (tertiary/aromatic N) is 1. The number of amides is 2. The van der Waals surface area contributed by atoms with E-state index in [9.17, 15) is 9.59 Å². The molecule has 0 saturated heterocycles. The van der Waals surface area contributed by atoms with E-state index in [0.717, 1.165) is 0 Å². The first kappa shape index (κ1) is 8.98. The molecule has 1 aromatic rings. The summed E-state index contributed by atoms with van der Waals surface area (Å²) in [4.78, 5) is 24.3. The summed E-state index contributed by atoms with van der Waals surface area (Å²) in [5, 5.41) is 10.7. The second-order valence-electron chi connectivity index (χ2n) is 2.23. The molecule has 0 aliphatic carbocycles. The van der Waals surface area contributed by atoms with Gasteiger partial charge < -0.3 is 16.2 Å². The minimum absolute atomic E-state index is 0.0879. The molecule has 1 rings (SSSR count). The van der Waals surface area contributed by atoms with Gasteiger partial charge in [0.15, 0.2) is 0 Å².